The molecule has 0 aromatic heterocycles. The lowest BCUT2D eigenvalue weighted by Gasteiger charge is -2.17. The lowest BCUT2D eigenvalue weighted by atomic mass is 10.1. The van der Waals surface area contributed by atoms with Crippen molar-refractivity contribution in [1.29, 1.82) is 0 Å². The van der Waals surface area contributed by atoms with Crippen LogP contribution >= 0.6 is 0 Å². The van der Waals surface area contributed by atoms with Crippen molar-refractivity contribution in [2.45, 2.75) is 6.92 Å². The van der Waals surface area contributed by atoms with Gasteiger partial charge in [0, 0.05) is 5.56 Å². The van der Waals surface area contributed by atoms with Crippen LogP contribution in [0.15, 0.2) is 48.5 Å². The van der Waals surface area contributed by atoms with Crippen molar-refractivity contribution < 1.29 is 14.3 Å². The van der Waals surface area contributed by atoms with Crippen LogP contribution in [0.5, 0.6) is 5.75 Å². The number of benzene rings is 2. The second-order valence-corrected chi connectivity index (χ2v) is 5.16. The molecule has 2 aromatic rings. The molecule has 0 unspecified atom stereocenters. The van der Waals surface area contributed by atoms with Crippen molar-refractivity contribution in [3.63, 3.8) is 0 Å². The van der Waals surface area contributed by atoms with Gasteiger partial charge in [-0.1, -0.05) is 35.9 Å². The van der Waals surface area contributed by atoms with E-state index in [0.29, 0.717) is 17.0 Å². The number of amides is 1. The maximum Gasteiger partial charge on any atom is 0.262 e. The summed E-state index contributed by atoms with van der Waals surface area (Å²) in [6.45, 7) is 2.02. The lowest BCUT2D eigenvalue weighted by molar-refractivity contribution is -0.118. The minimum absolute atomic E-state index is 0.00756. The first-order valence-corrected chi connectivity index (χ1v) is 6.97. The number of ketones is 1. The highest BCUT2D eigenvalue weighted by atomic mass is 16.5. The number of carbonyl (C=O) groups is 2. The van der Waals surface area contributed by atoms with E-state index >= 15 is 0 Å². The van der Waals surface area contributed by atoms with Crippen LogP contribution in [0.4, 0.5) is 5.69 Å². The van der Waals surface area contributed by atoms with E-state index < -0.39 is 0 Å². The molecule has 0 fully saturated rings. The molecule has 3 rings (SSSR count). The standard InChI is InChI=1S/C18H15NO3/c1-12-2-4-13(5-3-12)6-8-16(20)14-7-9-17-15(10-14)19-18(21)11-22-17/h2-10H,11H2,1H3,(H,19,21). The number of carbonyl (C=O) groups excluding carboxylic acids is 2. The zero-order valence-corrected chi connectivity index (χ0v) is 12.1. The van der Waals surface area contributed by atoms with Crippen LogP contribution in [0.1, 0.15) is 21.5 Å². The number of ether oxygens (including phenoxy) is 1. The third-order valence-electron chi connectivity index (χ3n) is 3.40. The van der Waals surface area contributed by atoms with Crippen molar-refractivity contribution in [2.75, 3.05) is 11.9 Å². The third kappa shape index (κ3) is 3.06. The molecule has 2 aromatic carbocycles. The van der Waals surface area contributed by atoms with Gasteiger partial charge in [-0.05, 0) is 36.8 Å². The summed E-state index contributed by atoms with van der Waals surface area (Å²) in [6, 6.07) is 12.9. The molecule has 0 bridgehead atoms. The molecule has 0 aliphatic carbocycles. The summed E-state index contributed by atoms with van der Waals surface area (Å²) in [6.07, 6.45) is 3.30. The van der Waals surface area contributed by atoms with E-state index in [0.717, 1.165) is 5.56 Å². The Morgan fingerprint density at radius 3 is 2.73 bits per heavy atom. The Balaban J connectivity index is 1.79. The van der Waals surface area contributed by atoms with Gasteiger partial charge >= 0.3 is 0 Å². The Hall–Kier alpha value is -2.88. The fraction of sp³-hybridized carbons (Fsp3) is 0.111. The third-order valence-corrected chi connectivity index (χ3v) is 3.40. The van der Waals surface area contributed by atoms with Crippen molar-refractivity contribution in [2.24, 2.45) is 0 Å². The van der Waals surface area contributed by atoms with Crippen LogP contribution in [-0.2, 0) is 4.79 Å². The van der Waals surface area contributed by atoms with Crippen LogP contribution < -0.4 is 10.1 Å². The van der Waals surface area contributed by atoms with E-state index in [9.17, 15) is 9.59 Å². The molecular weight excluding hydrogens is 278 g/mol. The van der Waals surface area contributed by atoms with Crippen molar-refractivity contribution in [3.05, 3.63) is 65.2 Å². The highest BCUT2D eigenvalue weighted by molar-refractivity contribution is 6.08. The first kappa shape index (κ1) is 14.1. The van der Waals surface area contributed by atoms with Crippen LogP contribution in [-0.4, -0.2) is 18.3 Å². The first-order chi connectivity index (χ1) is 10.6. The van der Waals surface area contributed by atoms with Crippen LogP contribution in [0, 0.1) is 6.92 Å². The monoisotopic (exact) mass is 293 g/mol. The molecule has 1 aliphatic rings. The number of nitrogens with one attached hydrogen (secondary N) is 1. The van der Waals surface area contributed by atoms with Gasteiger partial charge < -0.3 is 10.1 Å². The minimum Gasteiger partial charge on any atom is -0.482 e. The molecule has 0 saturated carbocycles. The summed E-state index contributed by atoms with van der Waals surface area (Å²) in [5, 5.41) is 2.69. The highest BCUT2D eigenvalue weighted by Crippen LogP contribution is 2.28. The second-order valence-electron chi connectivity index (χ2n) is 5.16. The van der Waals surface area contributed by atoms with Gasteiger partial charge in [-0.15, -0.1) is 0 Å². The smallest absolute Gasteiger partial charge is 0.262 e. The zero-order chi connectivity index (χ0) is 15.5. The molecule has 1 amide bonds. The van der Waals surface area contributed by atoms with Gasteiger partial charge in [0.25, 0.3) is 5.91 Å². The van der Waals surface area contributed by atoms with Crippen molar-refractivity contribution >= 4 is 23.5 Å². The Kier molecular flexibility index (Phi) is 3.74. The van der Waals surface area contributed by atoms with E-state index in [1.54, 1.807) is 24.3 Å². The molecular formula is C18H15NO3. The predicted octanol–water partition coefficient (Wildman–Crippen LogP) is 3.22. The number of hydrogen-bond donors (Lipinski definition) is 1. The SMILES string of the molecule is Cc1ccc(C=CC(=O)c2ccc3c(c2)NC(=O)CO3)cc1. The van der Waals surface area contributed by atoms with E-state index in [1.165, 1.54) is 11.6 Å². The maximum absolute atomic E-state index is 12.2. The fourth-order valence-electron chi connectivity index (χ4n) is 2.18. The number of fused-ring (bicyclic) bond motifs is 1. The molecule has 4 heteroatoms. The second kappa shape index (κ2) is 5.85. The van der Waals surface area contributed by atoms with Gasteiger partial charge in [0.1, 0.15) is 5.75 Å². The molecule has 0 spiro atoms. The van der Waals surface area contributed by atoms with Crippen molar-refractivity contribution in [3.8, 4) is 5.75 Å². The number of rotatable bonds is 3. The van der Waals surface area contributed by atoms with Crippen LogP contribution in [0.2, 0.25) is 0 Å². The highest BCUT2D eigenvalue weighted by Gasteiger charge is 2.17. The number of aryl methyl sites for hydroxylation is 1. The average molecular weight is 293 g/mol. The summed E-state index contributed by atoms with van der Waals surface area (Å²) in [5.41, 5.74) is 3.18. The molecule has 22 heavy (non-hydrogen) atoms. The first-order valence-electron chi connectivity index (χ1n) is 6.97. The number of hydrogen-bond acceptors (Lipinski definition) is 3. The number of allylic oxidation sites excluding steroid dienone is 1. The molecule has 1 N–H and O–H groups in total. The van der Waals surface area contributed by atoms with E-state index in [1.807, 2.05) is 31.2 Å². The minimum atomic E-state index is -0.215. The van der Waals surface area contributed by atoms with Gasteiger partial charge in [0.05, 0.1) is 5.69 Å². The Bertz CT molecular complexity index is 760. The molecule has 0 radical (unpaired) electrons. The quantitative estimate of drug-likeness (QED) is 0.698. The summed E-state index contributed by atoms with van der Waals surface area (Å²) in [7, 11) is 0. The Labute approximate surface area is 128 Å². The largest absolute Gasteiger partial charge is 0.482 e. The maximum atomic E-state index is 12.2. The summed E-state index contributed by atoms with van der Waals surface area (Å²) >= 11 is 0. The molecule has 1 aliphatic heterocycles. The summed E-state index contributed by atoms with van der Waals surface area (Å²) in [5.74, 6) is 0.245. The Morgan fingerprint density at radius 1 is 1.18 bits per heavy atom. The zero-order valence-electron chi connectivity index (χ0n) is 12.1. The van der Waals surface area contributed by atoms with E-state index in [2.05, 4.69) is 5.32 Å². The molecule has 0 saturated heterocycles. The van der Waals surface area contributed by atoms with Gasteiger partial charge in [0.15, 0.2) is 12.4 Å². The number of anilines is 1. The summed E-state index contributed by atoms with van der Waals surface area (Å²) < 4.78 is 5.27. The molecule has 0 atom stereocenters. The van der Waals surface area contributed by atoms with Gasteiger partial charge in [0.2, 0.25) is 0 Å². The molecule has 1 heterocycles. The summed E-state index contributed by atoms with van der Waals surface area (Å²) in [4.78, 5) is 23.5. The Morgan fingerprint density at radius 2 is 1.95 bits per heavy atom. The fourth-order valence-corrected chi connectivity index (χ4v) is 2.18. The van der Waals surface area contributed by atoms with Gasteiger partial charge in [-0.2, -0.15) is 0 Å². The van der Waals surface area contributed by atoms with Crippen LogP contribution in [0.3, 0.4) is 0 Å². The van der Waals surface area contributed by atoms with E-state index in [-0.39, 0.29) is 18.3 Å². The average Bonchev–Trinajstić information content (AvgIpc) is 2.53. The van der Waals surface area contributed by atoms with Gasteiger partial charge in [-0.25, -0.2) is 0 Å². The normalized spacial score (nSPS) is 13.4. The van der Waals surface area contributed by atoms with Gasteiger partial charge in [-0.3, -0.25) is 9.59 Å². The topological polar surface area (TPSA) is 55.4 Å². The van der Waals surface area contributed by atoms with Crippen LogP contribution in [0.25, 0.3) is 6.08 Å². The lowest BCUT2D eigenvalue weighted by Crippen LogP contribution is -2.25. The molecule has 4 nitrogen and oxygen atoms in total. The van der Waals surface area contributed by atoms with E-state index in [4.69, 9.17) is 4.74 Å². The molecule has 110 valence electrons. The van der Waals surface area contributed by atoms with Crippen molar-refractivity contribution in [1.82, 2.24) is 0 Å². The predicted molar refractivity (Wildman–Crippen MR) is 85.1 cm³/mol.